The SMILES string of the molecule is CNCCSc1ccc(N)cn1. The smallest absolute Gasteiger partial charge is 0.0961 e. The fourth-order valence-electron chi connectivity index (χ4n) is 0.735. The molecule has 0 fully saturated rings. The van der Waals surface area contributed by atoms with Crippen molar-refractivity contribution in [3.05, 3.63) is 18.3 Å². The Morgan fingerprint density at radius 3 is 3.00 bits per heavy atom. The van der Waals surface area contributed by atoms with Crippen LogP contribution in [0.15, 0.2) is 23.4 Å². The highest BCUT2D eigenvalue weighted by atomic mass is 32.2. The molecule has 0 saturated carbocycles. The van der Waals surface area contributed by atoms with Crippen molar-refractivity contribution in [3.8, 4) is 0 Å². The standard InChI is InChI=1S/C8H13N3S/c1-10-4-5-12-8-3-2-7(9)6-11-8/h2-3,6,10H,4-5,9H2,1H3. The minimum atomic E-state index is 0.716. The summed E-state index contributed by atoms with van der Waals surface area (Å²) in [6.07, 6.45) is 1.68. The van der Waals surface area contributed by atoms with E-state index < -0.39 is 0 Å². The minimum Gasteiger partial charge on any atom is -0.397 e. The van der Waals surface area contributed by atoms with Crippen molar-refractivity contribution in [2.75, 3.05) is 25.1 Å². The molecule has 0 spiro atoms. The maximum atomic E-state index is 5.50. The van der Waals surface area contributed by atoms with Gasteiger partial charge in [0.1, 0.15) is 0 Å². The third-order valence-corrected chi connectivity index (χ3v) is 2.31. The number of hydrogen-bond donors (Lipinski definition) is 2. The highest BCUT2D eigenvalue weighted by Gasteiger charge is 1.93. The van der Waals surface area contributed by atoms with Crippen LogP contribution in [-0.4, -0.2) is 24.3 Å². The normalized spacial score (nSPS) is 10.1. The topological polar surface area (TPSA) is 50.9 Å². The van der Waals surface area contributed by atoms with Gasteiger partial charge in [0, 0.05) is 12.3 Å². The van der Waals surface area contributed by atoms with E-state index in [2.05, 4.69) is 10.3 Å². The molecule has 0 radical (unpaired) electrons. The van der Waals surface area contributed by atoms with Crippen LogP contribution in [0, 0.1) is 0 Å². The molecular formula is C8H13N3S. The van der Waals surface area contributed by atoms with Crippen molar-refractivity contribution in [3.63, 3.8) is 0 Å². The van der Waals surface area contributed by atoms with Crippen LogP contribution in [0.3, 0.4) is 0 Å². The second kappa shape index (κ2) is 5.00. The van der Waals surface area contributed by atoms with Gasteiger partial charge in [-0.2, -0.15) is 0 Å². The number of anilines is 1. The van der Waals surface area contributed by atoms with Crippen LogP contribution in [0.25, 0.3) is 0 Å². The van der Waals surface area contributed by atoms with Crippen molar-refractivity contribution in [1.29, 1.82) is 0 Å². The van der Waals surface area contributed by atoms with E-state index in [0.29, 0.717) is 5.69 Å². The van der Waals surface area contributed by atoms with Gasteiger partial charge in [0.2, 0.25) is 0 Å². The first-order valence-corrected chi connectivity index (χ1v) is 4.80. The van der Waals surface area contributed by atoms with E-state index in [1.54, 1.807) is 18.0 Å². The van der Waals surface area contributed by atoms with Crippen molar-refractivity contribution in [2.24, 2.45) is 0 Å². The Hall–Kier alpha value is -0.740. The molecule has 0 amide bonds. The number of nitrogens with one attached hydrogen (secondary N) is 1. The van der Waals surface area contributed by atoms with Crippen LogP contribution in [0.4, 0.5) is 5.69 Å². The van der Waals surface area contributed by atoms with Gasteiger partial charge < -0.3 is 11.1 Å². The van der Waals surface area contributed by atoms with Crippen molar-refractivity contribution < 1.29 is 0 Å². The number of nitrogen functional groups attached to an aromatic ring is 1. The number of thioether (sulfide) groups is 1. The van der Waals surface area contributed by atoms with E-state index in [4.69, 9.17) is 5.73 Å². The van der Waals surface area contributed by atoms with Gasteiger partial charge in [0.05, 0.1) is 16.9 Å². The van der Waals surface area contributed by atoms with Gasteiger partial charge in [0.25, 0.3) is 0 Å². The molecule has 1 rings (SSSR count). The number of nitrogens with two attached hydrogens (primary N) is 1. The van der Waals surface area contributed by atoms with Crippen molar-refractivity contribution in [1.82, 2.24) is 10.3 Å². The Morgan fingerprint density at radius 1 is 1.58 bits per heavy atom. The molecular weight excluding hydrogens is 170 g/mol. The molecule has 12 heavy (non-hydrogen) atoms. The second-order valence-electron chi connectivity index (χ2n) is 2.38. The molecule has 1 aromatic rings. The first-order chi connectivity index (χ1) is 5.83. The molecule has 0 atom stereocenters. The number of aromatic nitrogens is 1. The molecule has 1 aromatic heterocycles. The molecule has 0 bridgehead atoms. The maximum Gasteiger partial charge on any atom is 0.0961 e. The maximum absolute atomic E-state index is 5.50. The van der Waals surface area contributed by atoms with E-state index >= 15 is 0 Å². The van der Waals surface area contributed by atoms with E-state index in [1.807, 2.05) is 19.2 Å². The number of rotatable bonds is 4. The van der Waals surface area contributed by atoms with Gasteiger partial charge in [-0.05, 0) is 19.2 Å². The van der Waals surface area contributed by atoms with E-state index in [1.165, 1.54) is 0 Å². The first kappa shape index (κ1) is 9.35. The summed E-state index contributed by atoms with van der Waals surface area (Å²) in [5, 5.41) is 4.10. The molecule has 0 unspecified atom stereocenters. The quantitative estimate of drug-likeness (QED) is 0.539. The van der Waals surface area contributed by atoms with Crippen LogP contribution in [0.5, 0.6) is 0 Å². The van der Waals surface area contributed by atoms with Crippen LogP contribution < -0.4 is 11.1 Å². The number of nitrogens with zero attached hydrogens (tertiary/aromatic N) is 1. The van der Waals surface area contributed by atoms with Crippen LogP contribution >= 0.6 is 11.8 Å². The molecule has 4 heteroatoms. The minimum absolute atomic E-state index is 0.716. The summed E-state index contributed by atoms with van der Waals surface area (Å²) in [5.41, 5.74) is 6.21. The zero-order valence-electron chi connectivity index (χ0n) is 7.08. The second-order valence-corrected chi connectivity index (χ2v) is 3.50. The predicted octanol–water partition coefficient (Wildman–Crippen LogP) is 0.975. The zero-order chi connectivity index (χ0) is 8.81. The summed E-state index contributed by atoms with van der Waals surface area (Å²) < 4.78 is 0. The lowest BCUT2D eigenvalue weighted by molar-refractivity contribution is 0.871. The Morgan fingerprint density at radius 2 is 2.42 bits per heavy atom. The Kier molecular flexibility index (Phi) is 3.90. The average molecular weight is 183 g/mol. The van der Waals surface area contributed by atoms with Gasteiger partial charge in [-0.3, -0.25) is 0 Å². The van der Waals surface area contributed by atoms with Gasteiger partial charge in [-0.15, -0.1) is 11.8 Å². The highest BCUT2D eigenvalue weighted by molar-refractivity contribution is 7.99. The summed E-state index contributed by atoms with van der Waals surface area (Å²) in [6, 6.07) is 3.81. The average Bonchev–Trinajstić information content (AvgIpc) is 2.09. The van der Waals surface area contributed by atoms with E-state index in [0.717, 1.165) is 17.3 Å². The zero-order valence-corrected chi connectivity index (χ0v) is 7.90. The van der Waals surface area contributed by atoms with Crippen molar-refractivity contribution in [2.45, 2.75) is 5.03 Å². The lowest BCUT2D eigenvalue weighted by Gasteiger charge is -1.99. The molecule has 0 aliphatic heterocycles. The molecule has 1 heterocycles. The van der Waals surface area contributed by atoms with E-state index in [-0.39, 0.29) is 0 Å². The van der Waals surface area contributed by atoms with Gasteiger partial charge in [-0.1, -0.05) is 0 Å². The number of pyridine rings is 1. The lowest BCUT2D eigenvalue weighted by Crippen LogP contribution is -2.09. The largest absolute Gasteiger partial charge is 0.397 e. The first-order valence-electron chi connectivity index (χ1n) is 3.82. The molecule has 66 valence electrons. The van der Waals surface area contributed by atoms with Gasteiger partial charge in [-0.25, -0.2) is 4.98 Å². The summed E-state index contributed by atoms with van der Waals surface area (Å²) in [7, 11) is 1.94. The molecule has 0 saturated heterocycles. The summed E-state index contributed by atoms with van der Waals surface area (Å²) in [4.78, 5) is 4.16. The molecule has 3 nitrogen and oxygen atoms in total. The predicted molar refractivity (Wildman–Crippen MR) is 53.3 cm³/mol. The monoisotopic (exact) mass is 183 g/mol. The Labute approximate surface area is 76.8 Å². The lowest BCUT2D eigenvalue weighted by atomic mass is 10.4. The highest BCUT2D eigenvalue weighted by Crippen LogP contribution is 2.14. The fraction of sp³-hybridized carbons (Fsp3) is 0.375. The summed E-state index contributed by atoms with van der Waals surface area (Å²) in [6.45, 7) is 0.997. The summed E-state index contributed by atoms with van der Waals surface area (Å²) in [5.74, 6) is 1.04. The molecule has 0 aliphatic rings. The van der Waals surface area contributed by atoms with Gasteiger partial charge in [0.15, 0.2) is 0 Å². The Bertz CT molecular complexity index is 222. The Balaban J connectivity index is 2.37. The van der Waals surface area contributed by atoms with Crippen LogP contribution in [0.1, 0.15) is 0 Å². The third kappa shape index (κ3) is 3.11. The third-order valence-electron chi connectivity index (χ3n) is 1.36. The molecule has 3 N–H and O–H groups in total. The van der Waals surface area contributed by atoms with Gasteiger partial charge >= 0.3 is 0 Å². The molecule has 0 aliphatic carbocycles. The number of hydrogen-bond acceptors (Lipinski definition) is 4. The van der Waals surface area contributed by atoms with Crippen LogP contribution in [0.2, 0.25) is 0 Å². The van der Waals surface area contributed by atoms with E-state index in [9.17, 15) is 0 Å². The fourth-order valence-corrected chi connectivity index (χ4v) is 1.54. The van der Waals surface area contributed by atoms with Crippen molar-refractivity contribution >= 4 is 17.4 Å². The van der Waals surface area contributed by atoms with Crippen LogP contribution in [-0.2, 0) is 0 Å². The molecule has 0 aromatic carbocycles. The summed E-state index contributed by atoms with van der Waals surface area (Å²) >= 11 is 1.72.